The van der Waals surface area contributed by atoms with Gasteiger partial charge in [-0.1, -0.05) is 0 Å². The number of amides is 1. The van der Waals surface area contributed by atoms with E-state index in [0.717, 1.165) is 5.75 Å². The standard InChI is InChI=1S/C13H18N2O3S/c1-19-7-4-10(14)13(16)15-9-2-3-11-12(8-9)18-6-5-17-11/h2-3,8,10H,4-7,14H2,1H3,(H,15,16)/t10-/m1/s1. The van der Waals surface area contributed by atoms with E-state index in [1.807, 2.05) is 6.26 Å². The molecule has 1 amide bonds. The van der Waals surface area contributed by atoms with Gasteiger partial charge in [-0.2, -0.15) is 11.8 Å². The first-order valence-corrected chi connectivity index (χ1v) is 7.55. The summed E-state index contributed by atoms with van der Waals surface area (Å²) >= 11 is 1.68. The maximum atomic E-state index is 11.9. The Bertz CT molecular complexity index is 454. The fourth-order valence-electron chi connectivity index (χ4n) is 1.73. The second-order valence-electron chi connectivity index (χ2n) is 4.24. The Balaban J connectivity index is 1.97. The summed E-state index contributed by atoms with van der Waals surface area (Å²) in [5, 5.41) is 2.79. The van der Waals surface area contributed by atoms with Gasteiger partial charge in [0.2, 0.25) is 5.91 Å². The van der Waals surface area contributed by atoms with Crippen LogP contribution in [-0.4, -0.2) is 37.2 Å². The third-order valence-electron chi connectivity index (χ3n) is 2.78. The third-order valence-corrected chi connectivity index (χ3v) is 3.42. The van der Waals surface area contributed by atoms with E-state index >= 15 is 0 Å². The number of nitrogens with two attached hydrogens (primary N) is 1. The van der Waals surface area contributed by atoms with E-state index < -0.39 is 6.04 Å². The second-order valence-corrected chi connectivity index (χ2v) is 5.22. The van der Waals surface area contributed by atoms with Crippen LogP contribution in [0.4, 0.5) is 5.69 Å². The predicted octanol–water partition coefficient (Wildman–Crippen LogP) is 1.48. The fraction of sp³-hybridized carbons (Fsp3) is 0.462. The molecule has 5 nitrogen and oxygen atoms in total. The van der Waals surface area contributed by atoms with Crippen molar-refractivity contribution in [2.45, 2.75) is 12.5 Å². The molecule has 0 bridgehead atoms. The molecule has 0 saturated heterocycles. The van der Waals surface area contributed by atoms with E-state index in [-0.39, 0.29) is 5.91 Å². The lowest BCUT2D eigenvalue weighted by Crippen LogP contribution is -2.36. The van der Waals surface area contributed by atoms with Crippen LogP contribution < -0.4 is 20.5 Å². The molecule has 0 saturated carbocycles. The number of thioether (sulfide) groups is 1. The van der Waals surface area contributed by atoms with E-state index in [1.54, 1.807) is 30.0 Å². The molecule has 0 aromatic heterocycles. The molecule has 1 aromatic rings. The largest absolute Gasteiger partial charge is 0.486 e. The molecular formula is C13H18N2O3S. The topological polar surface area (TPSA) is 73.6 Å². The summed E-state index contributed by atoms with van der Waals surface area (Å²) < 4.78 is 10.9. The van der Waals surface area contributed by atoms with E-state index in [2.05, 4.69) is 5.32 Å². The minimum atomic E-state index is -0.486. The molecule has 1 atom stereocenters. The first-order valence-electron chi connectivity index (χ1n) is 6.15. The smallest absolute Gasteiger partial charge is 0.241 e. The molecule has 1 aliphatic heterocycles. The van der Waals surface area contributed by atoms with Crippen molar-refractivity contribution in [3.63, 3.8) is 0 Å². The average Bonchev–Trinajstić information content (AvgIpc) is 2.44. The van der Waals surface area contributed by atoms with Crippen molar-refractivity contribution in [2.75, 3.05) is 30.5 Å². The summed E-state index contributed by atoms with van der Waals surface area (Å²) in [5.74, 6) is 2.05. The predicted molar refractivity (Wildman–Crippen MR) is 77.0 cm³/mol. The molecule has 1 aliphatic rings. The molecule has 19 heavy (non-hydrogen) atoms. The summed E-state index contributed by atoms with van der Waals surface area (Å²) in [6.45, 7) is 1.08. The summed E-state index contributed by atoms with van der Waals surface area (Å²) in [5.41, 5.74) is 6.48. The van der Waals surface area contributed by atoms with Gasteiger partial charge in [-0.15, -0.1) is 0 Å². The molecule has 3 N–H and O–H groups in total. The van der Waals surface area contributed by atoms with Gasteiger partial charge in [0, 0.05) is 11.8 Å². The summed E-state index contributed by atoms with van der Waals surface area (Å²) in [7, 11) is 0. The lowest BCUT2D eigenvalue weighted by atomic mass is 10.2. The quantitative estimate of drug-likeness (QED) is 0.855. The number of carbonyl (C=O) groups is 1. The van der Waals surface area contributed by atoms with Gasteiger partial charge >= 0.3 is 0 Å². The molecule has 0 radical (unpaired) electrons. The van der Waals surface area contributed by atoms with Gasteiger partial charge in [-0.05, 0) is 30.6 Å². The van der Waals surface area contributed by atoms with Crippen LogP contribution in [0.25, 0.3) is 0 Å². The number of nitrogens with one attached hydrogen (secondary N) is 1. The van der Waals surface area contributed by atoms with Gasteiger partial charge in [-0.3, -0.25) is 4.79 Å². The second kappa shape index (κ2) is 6.68. The van der Waals surface area contributed by atoms with Gasteiger partial charge in [0.15, 0.2) is 11.5 Å². The summed E-state index contributed by atoms with van der Waals surface area (Å²) in [4.78, 5) is 11.9. The first kappa shape index (κ1) is 14.0. The first-order chi connectivity index (χ1) is 9.20. The highest BCUT2D eigenvalue weighted by Crippen LogP contribution is 2.32. The molecular weight excluding hydrogens is 264 g/mol. The summed E-state index contributed by atoms with van der Waals surface area (Å²) in [6, 6.07) is 4.85. The number of carbonyl (C=O) groups excluding carboxylic acids is 1. The number of hydrogen-bond acceptors (Lipinski definition) is 5. The van der Waals surface area contributed by atoms with Crippen LogP contribution in [0.2, 0.25) is 0 Å². The zero-order chi connectivity index (χ0) is 13.7. The fourth-order valence-corrected chi connectivity index (χ4v) is 2.22. The molecule has 1 heterocycles. The highest BCUT2D eigenvalue weighted by molar-refractivity contribution is 7.98. The van der Waals surface area contributed by atoms with Crippen LogP contribution in [0.3, 0.4) is 0 Å². The van der Waals surface area contributed by atoms with E-state index in [9.17, 15) is 4.79 Å². The maximum Gasteiger partial charge on any atom is 0.241 e. The molecule has 2 rings (SSSR count). The van der Waals surface area contributed by atoms with Crippen molar-refractivity contribution in [2.24, 2.45) is 5.73 Å². The molecule has 0 unspecified atom stereocenters. The molecule has 1 aromatic carbocycles. The molecule has 0 fully saturated rings. The SMILES string of the molecule is CSCC[C@@H](N)C(=O)Nc1ccc2c(c1)OCCO2. The normalized spacial score (nSPS) is 14.8. The minimum Gasteiger partial charge on any atom is -0.486 e. The van der Waals surface area contributed by atoms with Gasteiger partial charge in [-0.25, -0.2) is 0 Å². The Morgan fingerprint density at radius 2 is 2.16 bits per heavy atom. The van der Waals surface area contributed by atoms with E-state index in [4.69, 9.17) is 15.2 Å². The Labute approximate surface area is 116 Å². The number of benzene rings is 1. The van der Waals surface area contributed by atoms with Gasteiger partial charge in [0.25, 0.3) is 0 Å². The van der Waals surface area contributed by atoms with Crippen LogP contribution in [0, 0.1) is 0 Å². The zero-order valence-corrected chi connectivity index (χ0v) is 11.7. The number of ether oxygens (including phenoxy) is 2. The Hall–Kier alpha value is -1.40. The number of anilines is 1. The van der Waals surface area contributed by atoms with Crippen LogP contribution in [0.5, 0.6) is 11.5 Å². The Kier molecular flexibility index (Phi) is 4.93. The lowest BCUT2D eigenvalue weighted by molar-refractivity contribution is -0.117. The van der Waals surface area contributed by atoms with E-state index in [0.29, 0.717) is 36.8 Å². The van der Waals surface area contributed by atoms with Crippen molar-refractivity contribution in [1.29, 1.82) is 0 Å². The highest BCUT2D eigenvalue weighted by Gasteiger charge is 2.16. The van der Waals surface area contributed by atoms with Gasteiger partial charge in [0.05, 0.1) is 6.04 Å². The number of rotatable bonds is 5. The van der Waals surface area contributed by atoms with Gasteiger partial charge < -0.3 is 20.5 Å². The van der Waals surface area contributed by atoms with Crippen molar-refractivity contribution < 1.29 is 14.3 Å². The monoisotopic (exact) mass is 282 g/mol. The number of hydrogen-bond donors (Lipinski definition) is 2. The van der Waals surface area contributed by atoms with Gasteiger partial charge in [0.1, 0.15) is 13.2 Å². The molecule has 0 spiro atoms. The highest BCUT2D eigenvalue weighted by atomic mass is 32.2. The molecule has 6 heteroatoms. The Morgan fingerprint density at radius 1 is 1.42 bits per heavy atom. The van der Waals surface area contributed by atoms with Crippen LogP contribution in [0.15, 0.2) is 18.2 Å². The minimum absolute atomic E-state index is 0.175. The van der Waals surface area contributed by atoms with Crippen molar-refractivity contribution in [3.8, 4) is 11.5 Å². The zero-order valence-electron chi connectivity index (χ0n) is 10.8. The van der Waals surface area contributed by atoms with Crippen molar-refractivity contribution in [3.05, 3.63) is 18.2 Å². The Morgan fingerprint density at radius 3 is 2.89 bits per heavy atom. The van der Waals surface area contributed by atoms with Crippen LogP contribution >= 0.6 is 11.8 Å². The summed E-state index contributed by atoms with van der Waals surface area (Å²) in [6.07, 6.45) is 2.66. The van der Waals surface area contributed by atoms with Crippen molar-refractivity contribution >= 4 is 23.4 Å². The van der Waals surface area contributed by atoms with Crippen LogP contribution in [-0.2, 0) is 4.79 Å². The number of fused-ring (bicyclic) bond motifs is 1. The van der Waals surface area contributed by atoms with Crippen LogP contribution in [0.1, 0.15) is 6.42 Å². The van der Waals surface area contributed by atoms with Crippen molar-refractivity contribution in [1.82, 2.24) is 0 Å². The lowest BCUT2D eigenvalue weighted by Gasteiger charge is -2.19. The molecule has 0 aliphatic carbocycles. The average molecular weight is 282 g/mol. The third kappa shape index (κ3) is 3.78. The van der Waals surface area contributed by atoms with E-state index in [1.165, 1.54) is 0 Å². The molecule has 104 valence electrons. The maximum absolute atomic E-state index is 11.9.